The normalized spacial score (nSPS) is 22.3. The van der Waals surface area contributed by atoms with E-state index in [1.165, 1.54) is 18.9 Å². The van der Waals surface area contributed by atoms with Gasteiger partial charge in [-0.2, -0.15) is 0 Å². The molecule has 0 spiro atoms. The SMILES string of the molecule is COCOc1cccc([C@H]2CCCC[C@@H]2OC(C)=O)c1. The van der Waals surface area contributed by atoms with Crippen LogP contribution in [-0.2, 0) is 14.3 Å². The van der Waals surface area contributed by atoms with E-state index in [2.05, 4.69) is 6.07 Å². The number of hydrogen-bond donors (Lipinski definition) is 0. The van der Waals surface area contributed by atoms with Gasteiger partial charge in [-0.1, -0.05) is 18.6 Å². The quantitative estimate of drug-likeness (QED) is 0.612. The van der Waals surface area contributed by atoms with Gasteiger partial charge in [0.05, 0.1) is 0 Å². The highest BCUT2D eigenvalue weighted by Gasteiger charge is 2.29. The Kier molecular flexibility index (Phi) is 5.41. The Bertz CT molecular complexity index is 444. The monoisotopic (exact) mass is 278 g/mol. The average Bonchev–Trinajstić information content (AvgIpc) is 2.45. The Hall–Kier alpha value is -1.55. The molecule has 0 aliphatic heterocycles. The summed E-state index contributed by atoms with van der Waals surface area (Å²) in [6.45, 7) is 1.71. The number of carbonyl (C=O) groups is 1. The summed E-state index contributed by atoms with van der Waals surface area (Å²) in [7, 11) is 1.60. The number of rotatable bonds is 5. The van der Waals surface area contributed by atoms with E-state index in [0.717, 1.165) is 25.0 Å². The lowest BCUT2D eigenvalue weighted by Crippen LogP contribution is -2.27. The molecule has 0 heterocycles. The molecule has 1 aliphatic carbocycles. The van der Waals surface area contributed by atoms with Crippen molar-refractivity contribution in [2.75, 3.05) is 13.9 Å². The van der Waals surface area contributed by atoms with E-state index in [1.807, 2.05) is 18.2 Å². The molecule has 1 saturated carbocycles. The standard InChI is InChI=1S/C16H22O4/c1-12(17)20-16-9-4-3-8-15(16)13-6-5-7-14(10-13)19-11-18-2/h5-7,10,15-16H,3-4,8-9,11H2,1-2H3/t15-,16+/m1/s1. The maximum atomic E-state index is 11.2. The first kappa shape index (κ1) is 14.9. The van der Waals surface area contributed by atoms with E-state index < -0.39 is 0 Å². The third kappa shape index (κ3) is 3.97. The molecular weight excluding hydrogens is 256 g/mol. The molecule has 1 aromatic carbocycles. The minimum atomic E-state index is -0.200. The molecule has 2 atom stereocenters. The first-order chi connectivity index (χ1) is 9.70. The van der Waals surface area contributed by atoms with Gasteiger partial charge in [0, 0.05) is 20.0 Å². The summed E-state index contributed by atoms with van der Waals surface area (Å²) in [4.78, 5) is 11.2. The van der Waals surface area contributed by atoms with Crippen molar-refractivity contribution in [3.63, 3.8) is 0 Å². The smallest absolute Gasteiger partial charge is 0.302 e. The van der Waals surface area contributed by atoms with Crippen LogP contribution in [0, 0.1) is 0 Å². The first-order valence-electron chi connectivity index (χ1n) is 7.09. The summed E-state index contributed by atoms with van der Waals surface area (Å²) in [5.41, 5.74) is 1.17. The minimum absolute atomic E-state index is 0.0149. The molecule has 2 rings (SSSR count). The Morgan fingerprint density at radius 2 is 2.10 bits per heavy atom. The van der Waals surface area contributed by atoms with Crippen LogP contribution in [0.5, 0.6) is 5.75 Å². The maximum absolute atomic E-state index is 11.2. The van der Waals surface area contributed by atoms with Gasteiger partial charge in [0.1, 0.15) is 11.9 Å². The van der Waals surface area contributed by atoms with Crippen LogP contribution in [0.4, 0.5) is 0 Å². The second kappa shape index (κ2) is 7.29. The Morgan fingerprint density at radius 3 is 2.85 bits per heavy atom. The fraction of sp³-hybridized carbons (Fsp3) is 0.562. The third-order valence-corrected chi connectivity index (χ3v) is 3.65. The van der Waals surface area contributed by atoms with Crippen molar-refractivity contribution in [1.29, 1.82) is 0 Å². The van der Waals surface area contributed by atoms with E-state index in [9.17, 15) is 4.79 Å². The van der Waals surface area contributed by atoms with Gasteiger partial charge in [0.2, 0.25) is 0 Å². The summed E-state index contributed by atoms with van der Waals surface area (Å²) in [6, 6.07) is 7.98. The first-order valence-corrected chi connectivity index (χ1v) is 7.09. The van der Waals surface area contributed by atoms with Gasteiger partial charge in [-0.25, -0.2) is 0 Å². The van der Waals surface area contributed by atoms with Gasteiger partial charge in [-0.15, -0.1) is 0 Å². The van der Waals surface area contributed by atoms with Gasteiger partial charge in [-0.05, 0) is 37.0 Å². The summed E-state index contributed by atoms with van der Waals surface area (Å²) in [6.07, 6.45) is 4.26. The van der Waals surface area contributed by atoms with Crippen LogP contribution >= 0.6 is 0 Å². The van der Waals surface area contributed by atoms with Crippen molar-refractivity contribution >= 4 is 5.97 Å². The Labute approximate surface area is 120 Å². The van der Waals surface area contributed by atoms with Crippen LogP contribution in [0.15, 0.2) is 24.3 Å². The van der Waals surface area contributed by atoms with Gasteiger partial charge < -0.3 is 14.2 Å². The van der Waals surface area contributed by atoms with E-state index >= 15 is 0 Å². The third-order valence-electron chi connectivity index (χ3n) is 3.65. The summed E-state index contributed by atoms with van der Waals surface area (Å²) in [5, 5.41) is 0. The lowest BCUT2D eigenvalue weighted by Gasteiger charge is -2.31. The van der Waals surface area contributed by atoms with Crippen LogP contribution in [0.2, 0.25) is 0 Å². The van der Waals surface area contributed by atoms with Crippen molar-refractivity contribution in [3.05, 3.63) is 29.8 Å². The maximum Gasteiger partial charge on any atom is 0.302 e. The highest BCUT2D eigenvalue weighted by atomic mass is 16.7. The van der Waals surface area contributed by atoms with Gasteiger partial charge in [0.25, 0.3) is 0 Å². The lowest BCUT2D eigenvalue weighted by atomic mass is 9.81. The van der Waals surface area contributed by atoms with Crippen LogP contribution in [0.1, 0.15) is 44.1 Å². The molecule has 0 saturated heterocycles. The number of hydrogen-bond acceptors (Lipinski definition) is 4. The van der Waals surface area contributed by atoms with Crippen molar-refractivity contribution in [1.82, 2.24) is 0 Å². The van der Waals surface area contributed by atoms with Crippen LogP contribution in [0.25, 0.3) is 0 Å². The van der Waals surface area contributed by atoms with Crippen molar-refractivity contribution in [2.45, 2.75) is 44.6 Å². The molecule has 4 heteroatoms. The summed E-state index contributed by atoms with van der Waals surface area (Å²) >= 11 is 0. The number of esters is 1. The largest absolute Gasteiger partial charge is 0.468 e. The topological polar surface area (TPSA) is 44.8 Å². The van der Waals surface area contributed by atoms with Gasteiger partial charge >= 0.3 is 5.97 Å². The van der Waals surface area contributed by atoms with E-state index in [4.69, 9.17) is 14.2 Å². The fourth-order valence-corrected chi connectivity index (χ4v) is 2.79. The molecule has 0 bridgehead atoms. The summed E-state index contributed by atoms with van der Waals surface area (Å²) < 4.78 is 15.9. The molecule has 0 amide bonds. The molecule has 4 nitrogen and oxygen atoms in total. The van der Waals surface area contributed by atoms with E-state index in [0.29, 0.717) is 0 Å². The van der Waals surface area contributed by atoms with Crippen molar-refractivity contribution < 1.29 is 19.0 Å². The Morgan fingerprint density at radius 1 is 1.30 bits per heavy atom. The second-order valence-corrected chi connectivity index (χ2v) is 5.16. The number of carbonyl (C=O) groups excluding carboxylic acids is 1. The zero-order chi connectivity index (χ0) is 14.4. The summed E-state index contributed by atoms with van der Waals surface area (Å²) in [5.74, 6) is 0.851. The van der Waals surface area contributed by atoms with Crippen LogP contribution in [-0.4, -0.2) is 26.0 Å². The lowest BCUT2D eigenvalue weighted by molar-refractivity contribution is -0.148. The fourth-order valence-electron chi connectivity index (χ4n) is 2.79. The van der Waals surface area contributed by atoms with Crippen molar-refractivity contribution in [2.24, 2.45) is 0 Å². The zero-order valence-electron chi connectivity index (χ0n) is 12.1. The highest BCUT2D eigenvalue weighted by Crippen LogP contribution is 2.36. The molecule has 20 heavy (non-hydrogen) atoms. The Balaban J connectivity index is 2.12. The molecule has 0 N–H and O–H groups in total. The molecule has 1 aromatic rings. The number of methoxy groups -OCH3 is 1. The molecule has 0 unspecified atom stereocenters. The van der Waals surface area contributed by atoms with Crippen LogP contribution in [0.3, 0.4) is 0 Å². The molecular formula is C16H22O4. The van der Waals surface area contributed by atoms with Crippen LogP contribution < -0.4 is 4.74 Å². The van der Waals surface area contributed by atoms with E-state index in [-0.39, 0.29) is 24.8 Å². The molecule has 110 valence electrons. The predicted molar refractivity (Wildman–Crippen MR) is 75.7 cm³/mol. The van der Waals surface area contributed by atoms with Crippen molar-refractivity contribution in [3.8, 4) is 5.75 Å². The molecule has 1 aliphatic rings. The second-order valence-electron chi connectivity index (χ2n) is 5.16. The van der Waals surface area contributed by atoms with Gasteiger partial charge in [0.15, 0.2) is 6.79 Å². The zero-order valence-corrected chi connectivity index (χ0v) is 12.1. The highest BCUT2D eigenvalue weighted by molar-refractivity contribution is 5.66. The molecule has 0 aromatic heterocycles. The molecule has 1 fully saturated rings. The number of ether oxygens (including phenoxy) is 3. The number of benzene rings is 1. The van der Waals surface area contributed by atoms with Gasteiger partial charge in [-0.3, -0.25) is 4.79 Å². The average molecular weight is 278 g/mol. The van der Waals surface area contributed by atoms with E-state index in [1.54, 1.807) is 7.11 Å². The molecule has 0 radical (unpaired) electrons. The predicted octanol–water partition coefficient (Wildman–Crippen LogP) is 3.26. The minimum Gasteiger partial charge on any atom is -0.468 e.